The molecule has 0 radical (unpaired) electrons. The highest BCUT2D eigenvalue weighted by Crippen LogP contribution is 2.36. The molecule has 308 valence electrons. The van der Waals surface area contributed by atoms with Gasteiger partial charge in [0.1, 0.15) is 11.0 Å². The largest absolute Gasteiger partial charge is 0.294 e. The highest BCUT2D eigenvalue weighted by molar-refractivity contribution is 9.10. The van der Waals surface area contributed by atoms with Crippen LogP contribution in [-0.2, 0) is 42.0 Å². The van der Waals surface area contributed by atoms with E-state index in [1.54, 1.807) is 72.8 Å². The van der Waals surface area contributed by atoms with E-state index < -0.39 is 46.8 Å². The number of sulfonamides is 2. The Labute approximate surface area is 359 Å². The minimum absolute atomic E-state index is 0.0298. The Bertz CT molecular complexity index is 2430. The van der Waals surface area contributed by atoms with Gasteiger partial charge in [-0.2, -0.15) is 4.40 Å². The number of carbonyl (C=O) groups is 1. The second-order valence-electron chi connectivity index (χ2n) is 15.3. The van der Waals surface area contributed by atoms with Gasteiger partial charge >= 0.3 is 0 Å². The molecule has 17 heteroatoms. The Kier molecular flexibility index (Phi) is 15.1. The zero-order chi connectivity index (χ0) is 42.7. The van der Waals surface area contributed by atoms with Crippen LogP contribution in [0, 0.1) is 13.8 Å². The Morgan fingerprint density at radius 2 is 1.02 bits per heavy atom. The lowest BCUT2D eigenvalue weighted by atomic mass is 10.0. The number of anilines is 2. The molecule has 4 aromatic carbocycles. The second-order valence-corrected chi connectivity index (χ2v) is 24.6. The molecular formula is C40H48Br2N4O7S4. The first kappa shape index (κ1) is 46.6. The van der Waals surface area contributed by atoms with E-state index in [9.17, 15) is 30.0 Å². The first-order valence-corrected chi connectivity index (χ1v) is 24.6. The molecule has 57 heavy (non-hydrogen) atoms. The predicted molar refractivity (Wildman–Crippen MR) is 240 cm³/mol. The number of halogens is 2. The lowest BCUT2D eigenvalue weighted by molar-refractivity contribution is 0.0982. The monoisotopic (exact) mass is 982 g/mol. The smallest absolute Gasteiger partial charge is 0.264 e. The van der Waals surface area contributed by atoms with E-state index in [2.05, 4.69) is 36.3 Å². The number of fused-ring (bicyclic) bond motifs is 2. The average Bonchev–Trinajstić information content (AvgIpc) is 3.11. The number of carbonyl (C=O) groups excluding carboxylic acids is 1. The van der Waals surface area contributed by atoms with Crippen molar-refractivity contribution in [3.05, 3.63) is 116 Å². The summed E-state index contributed by atoms with van der Waals surface area (Å²) in [6, 6.07) is 24.1. The number of hydrogen-bond donors (Lipinski definition) is 1. The van der Waals surface area contributed by atoms with Crippen LogP contribution in [-0.4, -0.2) is 59.3 Å². The van der Waals surface area contributed by atoms with Gasteiger partial charge in [-0.3, -0.25) is 18.5 Å². The van der Waals surface area contributed by atoms with E-state index in [4.69, 9.17) is 5.14 Å². The molecule has 0 aromatic heterocycles. The predicted octanol–water partition coefficient (Wildman–Crippen LogP) is 8.55. The number of ketones is 1. The van der Waals surface area contributed by atoms with Gasteiger partial charge in [-0.25, -0.2) is 25.3 Å². The summed E-state index contributed by atoms with van der Waals surface area (Å²) in [5, 5.41) is 5.04. The van der Waals surface area contributed by atoms with Crippen molar-refractivity contribution in [1.82, 2.24) is 0 Å². The van der Waals surface area contributed by atoms with Crippen molar-refractivity contribution in [2.45, 2.75) is 87.5 Å². The molecule has 0 saturated carbocycles. The van der Waals surface area contributed by atoms with Gasteiger partial charge < -0.3 is 0 Å². The summed E-state index contributed by atoms with van der Waals surface area (Å²) in [4.78, 5) is 12.5. The molecule has 4 aromatic rings. The fourth-order valence-corrected chi connectivity index (χ4v) is 9.64. The Morgan fingerprint density at radius 1 is 0.632 bits per heavy atom. The molecule has 0 aliphatic carbocycles. The summed E-state index contributed by atoms with van der Waals surface area (Å²) in [5.41, 5.74) is 4.80. The third-order valence-corrected chi connectivity index (χ3v) is 16.0. The van der Waals surface area contributed by atoms with Crippen molar-refractivity contribution >= 4 is 96.7 Å². The Hall–Kier alpha value is -3.06. The SMILES string of the molecule is CC(C)(C)S(N)=O.Cc1ccc(S(=O)(=O)N2CCC(=NS(=O)C(C)(C)C)c3ccc(Br)cc32)cc1.Cc1ccc(S(=O)(=O)N2CCC(=O)c3ccc(Br)cc32)cc1. The maximum absolute atomic E-state index is 13.3. The summed E-state index contributed by atoms with van der Waals surface area (Å²) < 4.78 is 83.1. The minimum atomic E-state index is -3.71. The number of aryl methyl sites for hydroxylation is 2. The molecular weight excluding hydrogens is 937 g/mol. The van der Waals surface area contributed by atoms with Crippen LogP contribution in [0.15, 0.2) is 108 Å². The van der Waals surface area contributed by atoms with Crippen LogP contribution in [0.5, 0.6) is 0 Å². The summed E-state index contributed by atoms with van der Waals surface area (Å²) in [5.74, 6) is -0.0298. The highest BCUT2D eigenvalue weighted by Gasteiger charge is 2.34. The van der Waals surface area contributed by atoms with Crippen LogP contribution in [0.25, 0.3) is 0 Å². The second kappa shape index (κ2) is 18.5. The van der Waals surface area contributed by atoms with Gasteiger partial charge in [0.2, 0.25) is 0 Å². The lowest BCUT2D eigenvalue weighted by Gasteiger charge is -2.31. The number of nitrogens with two attached hydrogens (primary N) is 1. The molecule has 0 fully saturated rings. The molecule has 0 saturated heterocycles. The molecule has 6 rings (SSSR count). The molecule has 11 nitrogen and oxygen atoms in total. The van der Waals surface area contributed by atoms with Crippen LogP contribution in [0.3, 0.4) is 0 Å². The van der Waals surface area contributed by atoms with Gasteiger partial charge in [-0.15, -0.1) is 0 Å². The zero-order valence-corrected chi connectivity index (χ0v) is 39.5. The minimum Gasteiger partial charge on any atom is -0.294 e. The first-order chi connectivity index (χ1) is 26.3. The van der Waals surface area contributed by atoms with Crippen LogP contribution in [0.2, 0.25) is 0 Å². The number of benzene rings is 4. The number of Topliss-reactive ketones (excluding diaryl/α,β-unsaturated/α-hetero) is 1. The van der Waals surface area contributed by atoms with Gasteiger partial charge in [-0.05, 0) is 116 Å². The normalized spacial score (nSPS) is 16.3. The lowest BCUT2D eigenvalue weighted by Crippen LogP contribution is -2.38. The molecule has 2 heterocycles. The van der Waals surface area contributed by atoms with Gasteiger partial charge in [0.05, 0.1) is 47.4 Å². The quantitative estimate of drug-likeness (QED) is 0.209. The summed E-state index contributed by atoms with van der Waals surface area (Å²) >= 11 is 6.77. The standard InChI is InChI=1S/C20H23BrN2O3S2.C16H14BrNO3S.C4H11NOS/c1-14-5-8-16(9-6-14)28(25,26)23-12-11-18(22-27(24)20(2,3)4)17-10-7-15(21)13-19(17)23;1-11-2-5-13(6-3-11)22(20,21)18-9-8-16(19)14-7-4-12(17)10-15(14)18;1-4(2,3)7(5)6/h5-10,13H,11-12H2,1-4H3;2-7,10H,8-9H2,1H3;5H2,1-3H3. The Balaban J connectivity index is 0.000000221. The topological polar surface area (TPSA) is 164 Å². The van der Waals surface area contributed by atoms with Crippen molar-refractivity contribution in [2.75, 3.05) is 21.7 Å². The van der Waals surface area contributed by atoms with Crippen LogP contribution >= 0.6 is 31.9 Å². The number of rotatable bonds is 5. The number of nitrogens with zero attached hydrogens (tertiary/aromatic N) is 3. The third-order valence-electron chi connectivity index (χ3n) is 8.70. The van der Waals surface area contributed by atoms with Crippen LogP contribution < -0.4 is 13.7 Å². The molecule has 2 unspecified atom stereocenters. The van der Waals surface area contributed by atoms with Crippen molar-refractivity contribution < 1.29 is 30.0 Å². The van der Waals surface area contributed by atoms with E-state index >= 15 is 0 Å². The molecule has 2 aliphatic heterocycles. The maximum atomic E-state index is 13.3. The van der Waals surface area contributed by atoms with Crippen LogP contribution in [0.4, 0.5) is 11.4 Å². The van der Waals surface area contributed by atoms with Crippen molar-refractivity contribution in [2.24, 2.45) is 9.54 Å². The van der Waals surface area contributed by atoms with Gasteiger partial charge in [-0.1, -0.05) is 67.3 Å². The fourth-order valence-electron chi connectivity index (χ4n) is 5.33. The summed E-state index contributed by atoms with van der Waals surface area (Å²) in [6.07, 6.45) is 0.598. The maximum Gasteiger partial charge on any atom is 0.264 e. The number of hydrogen-bond acceptors (Lipinski definition) is 7. The molecule has 2 N–H and O–H groups in total. The summed E-state index contributed by atoms with van der Waals surface area (Å²) in [7, 11) is -9.97. The van der Waals surface area contributed by atoms with Crippen molar-refractivity contribution in [3.63, 3.8) is 0 Å². The molecule has 2 atom stereocenters. The zero-order valence-electron chi connectivity index (χ0n) is 33.1. The van der Waals surface area contributed by atoms with E-state index in [0.29, 0.717) is 34.6 Å². The van der Waals surface area contributed by atoms with E-state index in [-0.39, 0.29) is 39.8 Å². The Morgan fingerprint density at radius 3 is 1.42 bits per heavy atom. The van der Waals surface area contributed by atoms with E-state index in [0.717, 1.165) is 20.1 Å². The average molecular weight is 985 g/mol. The third kappa shape index (κ3) is 11.6. The van der Waals surface area contributed by atoms with Crippen LogP contribution in [0.1, 0.15) is 81.4 Å². The highest BCUT2D eigenvalue weighted by atomic mass is 79.9. The van der Waals surface area contributed by atoms with Gasteiger partial charge in [0.15, 0.2) is 5.78 Å². The summed E-state index contributed by atoms with van der Waals surface area (Å²) in [6.45, 7) is 15.4. The van der Waals surface area contributed by atoms with Crippen molar-refractivity contribution in [3.8, 4) is 0 Å². The fraction of sp³-hybridized carbons (Fsp3) is 0.350. The van der Waals surface area contributed by atoms with Gasteiger partial charge in [0, 0.05) is 46.0 Å². The van der Waals surface area contributed by atoms with E-state index in [1.165, 1.54) is 8.61 Å². The van der Waals surface area contributed by atoms with Crippen molar-refractivity contribution in [1.29, 1.82) is 0 Å². The van der Waals surface area contributed by atoms with E-state index in [1.807, 2.05) is 67.5 Å². The first-order valence-electron chi connectivity index (χ1n) is 17.8. The molecule has 0 spiro atoms. The molecule has 0 bridgehead atoms. The molecule has 2 aliphatic rings. The molecule has 0 amide bonds. The van der Waals surface area contributed by atoms with Gasteiger partial charge in [0.25, 0.3) is 20.0 Å².